The number of hydrogen-bond acceptors (Lipinski definition) is 4. The lowest BCUT2D eigenvalue weighted by Gasteiger charge is -2.07. The molecule has 0 fully saturated rings. The lowest BCUT2D eigenvalue weighted by atomic mass is 10.1. The Morgan fingerprint density at radius 1 is 1.11 bits per heavy atom. The number of carboxylic acids is 1. The Morgan fingerprint density at radius 3 is 2.30 bits per heavy atom. The van der Waals surface area contributed by atoms with Gasteiger partial charge in [0.15, 0.2) is 0 Å². The van der Waals surface area contributed by atoms with Gasteiger partial charge in [0.05, 0.1) is 11.6 Å². The van der Waals surface area contributed by atoms with Crippen molar-refractivity contribution in [2.75, 3.05) is 5.32 Å². The Labute approximate surface area is 155 Å². The fourth-order valence-electron chi connectivity index (χ4n) is 2.66. The molecule has 0 radical (unpaired) electrons. The molecule has 0 aliphatic rings. The summed E-state index contributed by atoms with van der Waals surface area (Å²) in [6.07, 6.45) is 0. The highest BCUT2D eigenvalue weighted by Gasteiger charge is 2.25. The minimum Gasteiger partial charge on any atom is -0.477 e. The summed E-state index contributed by atoms with van der Waals surface area (Å²) < 4.78 is 1.33. The van der Waals surface area contributed by atoms with Crippen LogP contribution in [0.5, 0.6) is 0 Å². The molecule has 7 heteroatoms. The van der Waals surface area contributed by atoms with E-state index >= 15 is 0 Å². The third-order valence-corrected chi connectivity index (χ3v) is 4.09. The predicted octanol–water partition coefficient (Wildman–Crippen LogP) is 3.22. The third-order valence-electron chi connectivity index (χ3n) is 4.09. The average molecular weight is 360 g/mol. The van der Waals surface area contributed by atoms with Crippen LogP contribution >= 0.6 is 0 Å². The molecule has 0 unspecified atom stereocenters. The summed E-state index contributed by atoms with van der Waals surface area (Å²) in [5, 5.41) is 25.4. The van der Waals surface area contributed by atoms with Gasteiger partial charge in [-0.2, -0.15) is 10.4 Å². The van der Waals surface area contributed by atoms with Gasteiger partial charge in [-0.25, -0.2) is 4.79 Å². The average Bonchev–Trinajstić information content (AvgIpc) is 2.99. The molecule has 1 amide bonds. The number of rotatable bonds is 4. The third kappa shape index (κ3) is 3.55. The largest absolute Gasteiger partial charge is 0.477 e. The van der Waals surface area contributed by atoms with E-state index in [1.54, 1.807) is 19.2 Å². The topological polar surface area (TPSA) is 108 Å². The Hall–Kier alpha value is -3.92. The molecule has 0 bridgehead atoms. The molecule has 2 N–H and O–H groups in total. The molecule has 27 heavy (non-hydrogen) atoms. The van der Waals surface area contributed by atoms with E-state index in [0.717, 1.165) is 5.56 Å². The van der Waals surface area contributed by atoms with E-state index in [1.807, 2.05) is 25.1 Å². The van der Waals surface area contributed by atoms with Gasteiger partial charge >= 0.3 is 5.97 Å². The van der Waals surface area contributed by atoms with E-state index in [2.05, 4.69) is 10.4 Å². The van der Waals surface area contributed by atoms with E-state index in [9.17, 15) is 14.7 Å². The van der Waals surface area contributed by atoms with E-state index in [-0.39, 0.29) is 17.1 Å². The van der Waals surface area contributed by atoms with Crippen molar-refractivity contribution < 1.29 is 14.7 Å². The molecule has 1 aromatic heterocycles. The van der Waals surface area contributed by atoms with Crippen molar-refractivity contribution in [2.24, 2.45) is 7.05 Å². The van der Waals surface area contributed by atoms with Crippen LogP contribution in [0.2, 0.25) is 0 Å². The second kappa shape index (κ2) is 7.14. The number of nitrogens with zero attached hydrogens (tertiary/aromatic N) is 3. The minimum atomic E-state index is -1.19. The molecule has 0 saturated carbocycles. The summed E-state index contributed by atoms with van der Waals surface area (Å²) in [7, 11) is 1.57. The molecule has 7 nitrogen and oxygen atoms in total. The van der Waals surface area contributed by atoms with Crippen molar-refractivity contribution >= 4 is 17.7 Å². The van der Waals surface area contributed by atoms with Gasteiger partial charge in [-0.15, -0.1) is 0 Å². The van der Waals surface area contributed by atoms with Crippen LogP contribution in [-0.4, -0.2) is 26.8 Å². The SMILES string of the molecule is Cc1ccc(-c2nn(C)c(NC(=O)c3ccc(C#N)cc3)c2C(=O)O)cc1. The highest BCUT2D eigenvalue weighted by atomic mass is 16.4. The standard InChI is InChI=1S/C20H16N4O3/c1-12-3-7-14(8-4-12)17-16(20(26)27)18(24(2)23-17)22-19(25)15-9-5-13(11-21)6-10-15/h3-10H,1-2H3,(H,22,25)(H,26,27). The Bertz CT molecular complexity index is 1060. The summed E-state index contributed by atoms with van der Waals surface area (Å²) in [6, 6.07) is 15.3. The molecule has 0 aliphatic carbocycles. The zero-order chi connectivity index (χ0) is 19.6. The fourth-order valence-corrected chi connectivity index (χ4v) is 2.66. The predicted molar refractivity (Wildman–Crippen MR) is 99.5 cm³/mol. The fraction of sp³-hybridized carbons (Fsp3) is 0.100. The molecule has 0 aliphatic heterocycles. The van der Waals surface area contributed by atoms with Crippen LogP contribution in [0.3, 0.4) is 0 Å². The summed E-state index contributed by atoms with van der Waals surface area (Å²) in [6.45, 7) is 1.93. The zero-order valence-electron chi connectivity index (χ0n) is 14.7. The molecular formula is C20H16N4O3. The number of amides is 1. The van der Waals surface area contributed by atoms with Crippen LogP contribution in [0.15, 0.2) is 48.5 Å². The van der Waals surface area contributed by atoms with Crippen molar-refractivity contribution in [2.45, 2.75) is 6.92 Å². The number of carbonyl (C=O) groups is 2. The second-order valence-corrected chi connectivity index (χ2v) is 6.01. The lowest BCUT2D eigenvalue weighted by Crippen LogP contribution is -2.16. The molecule has 0 saturated heterocycles. The smallest absolute Gasteiger partial charge is 0.341 e. The molecule has 1 heterocycles. The van der Waals surface area contributed by atoms with E-state index < -0.39 is 11.9 Å². The van der Waals surface area contributed by atoms with Gasteiger partial charge in [0.2, 0.25) is 0 Å². The minimum absolute atomic E-state index is 0.0802. The number of carboxylic acid groups (broad SMARTS) is 1. The first-order valence-corrected chi connectivity index (χ1v) is 8.09. The monoisotopic (exact) mass is 360 g/mol. The number of carbonyl (C=O) groups excluding carboxylic acids is 1. The van der Waals surface area contributed by atoms with Gasteiger partial charge in [-0.1, -0.05) is 29.8 Å². The number of benzene rings is 2. The van der Waals surface area contributed by atoms with Gasteiger partial charge in [-0.3, -0.25) is 9.48 Å². The number of nitrogens with one attached hydrogen (secondary N) is 1. The van der Waals surface area contributed by atoms with Gasteiger partial charge < -0.3 is 10.4 Å². The summed E-state index contributed by atoms with van der Waals surface area (Å²) in [5.74, 6) is -1.58. The molecule has 2 aromatic carbocycles. The van der Waals surface area contributed by atoms with Gasteiger partial charge in [0.1, 0.15) is 17.1 Å². The quantitative estimate of drug-likeness (QED) is 0.743. The summed E-state index contributed by atoms with van der Waals surface area (Å²) >= 11 is 0. The molecule has 3 aromatic rings. The van der Waals surface area contributed by atoms with Crippen molar-refractivity contribution in [1.82, 2.24) is 9.78 Å². The second-order valence-electron chi connectivity index (χ2n) is 6.01. The first-order chi connectivity index (χ1) is 12.9. The highest BCUT2D eigenvalue weighted by molar-refractivity contribution is 6.09. The Balaban J connectivity index is 2.00. The normalized spacial score (nSPS) is 10.3. The summed E-state index contributed by atoms with van der Waals surface area (Å²) in [4.78, 5) is 24.4. The van der Waals surface area contributed by atoms with Gasteiger partial charge in [0.25, 0.3) is 5.91 Å². The van der Waals surface area contributed by atoms with Crippen LogP contribution in [0, 0.1) is 18.3 Å². The molecule has 134 valence electrons. The van der Waals surface area contributed by atoms with Gasteiger partial charge in [0, 0.05) is 18.2 Å². The number of aromatic nitrogens is 2. The molecule has 0 atom stereocenters. The molecule has 3 rings (SSSR count). The van der Waals surface area contributed by atoms with Crippen molar-refractivity contribution in [1.29, 1.82) is 5.26 Å². The van der Waals surface area contributed by atoms with Crippen LogP contribution in [-0.2, 0) is 7.05 Å². The van der Waals surface area contributed by atoms with Crippen molar-refractivity contribution in [3.05, 3.63) is 70.8 Å². The number of aryl methyl sites for hydroxylation is 2. The molecular weight excluding hydrogens is 344 g/mol. The number of anilines is 1. The number of hydrogen-bond donors (Lipinski definition) is 2. The Morgan fingerprint density at radius 2 is 1.74 bits per heavy atom. The lowest BCUT2D eigenvalue weighted by molar-refractivity contribution is 0.0699. The number of aromatic carboxylic acids is 1. The van der Waals surface area contributed by atoms with Crippen LogP contribution < -0.4 is 5.32 Å². The summed E-state index contributed by atoms with van der Waals surface area (Å²) in [5.41, 5.74) is 2.63. The van der Waals surface area contributed by atoms with Crippen LogP contribution in [0.4, 0.5) is 5.82 Å². The zero-order valence-corrected chi connectivity index (χ0v) is 14.7. The van der Waals surface area contributed by atoms with Crippen LogP contribution in [0.1, 0.15) is 31.8 Å². The highest BCUT2D eigenvalue weighted by Crippen LogP contribution is 2.29. The number of nitriles is 1. The van der Waals surface area contributed by atoms with Crippen molar-refractivity contribution in [3.8, 4) is 17.3 Å². The first-order valence-electron chi connectivity index (χ1n) is 8.09. The van der Waals surface area contributed by atoms with Crippen LogP contribution in [0.25, 0.3) is 11.3 Å². The Kier molecular flexibility index (Phi) is 4.73. The maximum atomic E-state index is 12.5. The van der Waals surface area contributed by atoms with E-state index in [0.29, 0.717) is 16.7 Å². The first kappa shape index (κ1) is 17.9. The maximum absolute atomic E-state index is 12.5. The van der Waals surface area contributed by atoms with Gasteiger partial charge in [-0.05, 0) is 31.2 Å². The van der Waals surface area contributed by atoms with E-state index in [4.69, 9.17) is 5.26 Å². The molecule has 0 spiro atoms. The van der Waals surface area contributed by atoms with E-state index in [1.165, 1.54) is 28.9 Å². The maximum Gasteiger partial charge on any atom is 0.341 e. The van der Waals surface area contributed by atoms with Crippen molar-refractivity contribution in [3.63, 3.8) is 0 Å².